The van der Waals surface area contributed by atoms with Gasteiger partial charge in [-0.05, 0) is 12.8 Å². The number of carbonyl (C=O) groups is 1. The SMILES string of the molecule is COC(=O)C1CN(S(=O)(=O)c2cnc(C)[nH]2)CC1C. The third kappa shape index (κ3) is 2.50. The highest BCUT2D eigenvalue weighted by Gasteiger charge is 2.41. The first-order valence-electron chi connectivity index (χ1n) is 5.96. The fourth-order valence-electron chi connectivity index (χ4n) is 2.25. The molecule has 0 saturated carbocycles. The number of nitrogens with zero attached hydrogens (tertiary/aromatic N) is 2. The molecule has 8 heteroatoms. The van der Waals surface area contributed by atoms with Gasteiger partial charge in [0, 0.05) is 13.1 Å². The number of nitrogens with one attached hydrogen (secondary N) is 1. The summed E-state index contributed by atoms with van der Waals surface area (Å²) in [6.45, 7) is 3.98. The van der Waals surface area contributed by atoms with Crippen LogP contribution in [0.15, 0.2) is 11.2 Å². The van der Waals surface area contributed by atoms with Crippen LogP contribution in [0, 0.1) is 18.8 Å². The Morgan fingerprint density at radius 1 is 1.53 bits per heavy atom. The first-order valence-corrected chi connectivity index (χ1v) is 7.40. The number of sulfonamides is 1. The van der Waals surface area contributed by atoms with Crippen molar-refractivity contribution in [3.05, 3.63) is 12.0 Å². The molecule has 2 heterocycles. The Balaban J connectivity index is 2.22. The van der Waals surface area contributed by atoms with Gasteiger partial charge in [0.15, 0.2) is 5.03 Å². The average molecular weight is 287 g/mol. The normalized spacial score (nSPS) is 24.6. The van der Waals surface area contributed by atoms with Gasteiger partial charge >= 0.3 is 5.97 Å². The summed E-state index contributed by atoms with van der Waals surface area (Å²) in [5, 5.41) is 0.0581. The van der Waals surface area contributed by atoms with Gasteiger partial charge in [-0.2, -0.15) is 4.31 Å². The third-order valence-corrected chi connectivity index (χ3v) is 5.12. The lowest BCUT2D eigenvalue weighted by molar-refractivity contribution is -0.145. The lowest BCUT2D eigenvalue weighted by Gasteiger charge is -2.14. The summed E-state index contributed by atoms with van der Waals surface area (Å²) in [5.41, 5.74) is 0. The van der Waals surface area contributed by atoms with Crippen LogP contribution in [0.25, 0.3) is 0 Å². The summed E-state index contributed by atoms with van der Waals surface area (Å²) in [7, 11) is -2.31. The number of H-pyrrole nitrogens is 1. The van der Waals surface area contributed by atoms with Crippen LogP contribution in [0.4, 0.5) is 0 Å². The van der Waals surface area contributed by atoms with Crippen LogP contribution in [-0.2, 0) is 19.6 Å². The number of esters is 1. The van der Waals surface area contributed by atoms with Crippen molar-refractivity contribution < 1.29 is 17.9 Å². The smallest absolute Gasteiger partial charge is 0.310 e. The van der Waals surface area contributed by atoms with E-state index in [1.807, 2.05) is 6.92 Å². The molecule has 1 saturated heterocycles. The van der Waals surface area contributed by atoms with Crippen molar-refractivity contribution >= 4 is 16.0 Å². The van der Waals surface area contributed by atoms with Crippen LogP contribution >= 0.6 is 0 Å². The number of hydrogen-bond donors (Lipinski definition) is 1. The summed E-state index contributed by atoms with van der Waals surface area (Å²) in [5.74, 6) is -0.309. The molecule has 2 rings (SSSR count). The van der Waals surface area contributed by atoms with Gasteiger partial charge in [0.1, 0.15) is 5.82 Å². The van der Waals surface area contributed by atoms with E-state index in [2.05, 4.69) is 9.97 Å². The standard InChI is InChI=1S/C11H17N3O4S/c1-7-5-14(6-9(7)11(15)18-3)19(16,17)10-4-12-8(2)13-10/h4,7,9H,5-6H2,1-3H3,(H,12,13). The van der Waals surface area contributed by atoms with Crippen molar-refractivity contribution in [3.8, 4) is 0 Å². The quantitative estimate of drug-likeness (QED) is 0.799. The molecule has 2 atom stereocenters. The zero-order chi connectivity index (χ0) is 14.2. The van der Waals surface area contributed by atoms with Gasteiger partial charge in [0.25, 0.3) is 10.0 Å². The molecule has 1 aliphatic rings. The van der Waals surface area contributed by atoms with Crippen LogP contribution in [0.5, 0.6) is 0 Å². The van der Waals surface area contributed by atoms with E-state index in [0.717, 1.165) is 0 Å². The largest absolute Gasteiger partial charge is 0.469 e. The number of ether oxygens (including phenoxy) is 1. The fraction of sp³-hybridized carbons (Fsp3) is 0.636. The molecule has 0 spiro atoms. The van der Waals surface area contributed by atoms with E-state index < -0.39 is 15.9 Å². The molecule has 0 radical (unpaired) electrons. The minimum atomic E-state index is -3.62. The number of imidazole rings is 1. The molecule has 7 nitrogen and oxygen atoms in total. The highest BCUT2D eigenvalue weighted by Crippen LogP contribution is 2.28. The van der Waals surface area contributed by atoms with Gasteiger partial charge < -0.3 is 9.72 Å². The fourth-order valence-corrected chi connectivity index (χ4v) is 3.77. The van der Waals surface area contributed by atoms with Gasteiger partial charge in [0.2, 0.25) is 0 Å². The second-order valence-electron chi connectivity index (χ2n) is 4.76. The van der Waals surface area contributed by atoms with Crippen molar-refractivity contribution in [3.63, 3.8) is 0 Å². The van der Waals surface area contributed by atoms with E-state index in [9.17, 15) is 13.2 Å². The van der Waals surface area contributed by atoms with E-state index in [4.69, 9.17) is 4.74 Å². The summed E-state index contributed by atoms with van der Waals surface area (Å²) < 4.78 is 30.7. The van der Waals surface area contributed by atoms with Crippen molar-refractivity contribution in [2.24, 2.45) is 11.8 Å². The van der Waals surface area contributed by atoms with E-state index in [1.165, 1.54) is 17.6 Å². The molecule has 1 aliphatic heterocycles. The first-order chi connectivity index (χ1) is 8.86. The molecule has 0 aliphatic carbocycles. The maximum atomic E-state index is 12.4. The van der Waals surface area contributed by atoms with Gasteiger partial charge in [-0.15, -0.1) is 0 Å². The topological polar surface area (TPSA) is 92.4 Å². The van der Waals surface area contributed by atoms with Crippen LogP contribution in [0.2, 0.25) is 0 Å². The van der Waals surface area contributed by atoms with E-state index in [1.54, 1.807) is 6.92 Å². The molecule has 0 amide bonds. The number of hydrogen-bond acceptors (Lipinski definition) is 5. The molecular weight excluding hydrogens is 270 g/mol. The lowest BCUT2D eigenvalue weighted by Crippen LogP contribution is -2.30. The molecule has 1 fully saturated rings. The van der Waals surface area contributed by atoms with Crippen molar-refractivity contribution in [1.29, 1.82) is 0 Å². The van der Waals surface area contributed by atoms with Gasteiger partial charge in [0.05, 0.1) is 19.2 Å². The van der Waals surface area contributed by atoms with Crippen molar-refractivity contribution in [2.45, 2.75) is 18.9 Å². The van der Waals surface area contributed by atoms with E-state index >= 15 is 0 Å². The highest BCUT2D eigenvalue weighted by molar-refractivity contribution is 7.89. The molecular formula is C11H17N3O4S. The summed E-state index contributed by atoms with van der Waals surface area (Å²) in [6, 6.07) is 0. The number of aryl methyl sites for hydroxylation is 1. The molecule has 1 aromatic heterocycles. The predicted molar refractivity (Wildman–Crippen MR) is 66.8 cm³/mol. The van der Waals surface area contributed by atoms with Gasteiger partial charge in [-0.1, -0.05) is 6.92 Å². The van der Waals surface area contributed by atoms with Crippen LogP contribution in [-0.4, -0.2) is 48.9 Å². The molecule has 1 aromatic rings. The number of aromatic amines is 1. The minimum Gasteiger partial charge on any atom is -0.469 e. The second-order valence-corrected chi connectivity index (χ2v) is 6.67. The molecule has 0 bridgehead atoms. The summed E-state index contributed by atoms with van der Waals surface area (Å²) in [6.07, 6.45) is 1.29. The highest BCUT2D eigenvalue weighted by atomic mass is 32.2. The van der Waals surface area contributed by atoms with E-state index in [-0.39, 0.29) is 23.5 Å². The van der Waals surface area contributed by atoms with E-state index in [0.29, 0.717) is 12.4 Å². The zero-order valence-electron chi connectivity index (χ0n) is 11.1. The first kappa shape index (κ1) is 14.0. The Hall–Kier alpha value is -1.41. The van der Waals surface area contributed by atoms with Crippen LogP contribution < -0.4 is 0 Å². The maximum absolute atomic E-state index is 12.4. The Kier molecular flexibility index (Phi) is 3.64. The molecule has 106 valence electrons. The molecule has 2 unspecified atom stereocenters. The monoisotopic (exact) mass is 287 g/mol. The Bertz CT molecular complexity index is 581. The summed E-state index contributed by atoms with van der Waals surface area (Å²) in [4.78, 5) is 18.2. The van der Waals surface area contributed by atoms with Crippen LogP contribution in [0.1, 0.15) is 12.7 Å². The minimum absolute atomic E-state index is 0.0581. The van der Waals surface area contributed by atoms with Crippen molar-refractivity contribution in [1.82, 2.24) is 14.3 Å². The third-order valence-electron chi connectivity index (χ3n) is 3.38. The Labute approximate surface area is 112 Å². The molecule has 19 heavy (non-hydrogen) atoms. The average Bonchev–Trinajstić information content (AvgIpc) is 2.95. The number of rotatable bonds is 3. The van der Waals surface area contributed by atoms with Crippen molar-refractivity contribution in [2.75, 3.05) is 20.2 Å². The van der Waals surface area contributed by atoms with Gasteiger partial charge in [-0.3, -0.25) is 4.79 Å². The number of carbonyl (C=O) groups excluding carboxylic acids is 1. The van der Waals surface area contributed by atoms with Gasteiger partial charge in [-0.25, -0.2) is 13.4 Å². The Morgan fingerprint density at radius 3 is 2.74 bits per heavy atom. The number of aromatic nitrogens is 2. The lowest BCUT2D eigenvalue weighted by atomic mass is 9.99. The molecule has 0 aromatic carbocycles. The van der Waals surface area contributed by atoms with Crippen LogP contribution in [0.3, 0.4) is 0 Å². The Morgan fingerprint density at radius 2 is 2.21 bits per heavy atom. The second kappa shape index (κ2) is 4.93. The molecule has 1 N–H and O–H groups in total. The summed E-state index contributed by atoms with van der Waals surface area (Å²) >= 11 is 0. The maximum Gasteiger partial charge on any atom is 0.310 e. The number of methoxy groups -OCH3 is 1. The predicted octanol–water partition coefficient (Wildman–Crippen LogP) is 0.148. The zero-order valence-corrected chi connectivity index (χ0v) is 11.9.